The van der Waals surface area contributed by atoms with Crippen LogP contribution in [0.3, 0.4) is 0 Å². The molecule has 0 spiro atoms. The summed E-state index contributed by atoms with van der Waals surface area (Å²) in [7, 11) is 1.66. The van der Waals surface area contributed by atoms with Crippen LogP contribution in [0.5, 0.6) is 0 Å². The first-order chi connectivity index (χ1) is 9.24. The van der Waals surface area contributed by atoms with Crippen LogP contribution in [0.25, 0.3) is 0 Å². The van der Waals surface area contributed by atoms with Gasteiger partial charge in [0.15, 0.2) is 0 Å². The Kier molecular flexibility index (Phi) is 8.40. The van der Waals surface area contributed by atoms with E-state index in [0.29, 0.717) is 33.0 Å². The van der Waals surface area contributed by atoms with E-state index in [9.17, 15) is 0 Å². The van der Waals surface area contributed by atoms with E-state index in [4.69, 9.17) is 19.9 Å². The van der Waals surface area contributed by atoms with Crippen molar-refractivity contribution in [3.63, 3.8) is 0 Å². The number of hydrogen-bond acceptors (Lipinski definition) is 5. The minimum absolute atomic E-state index is 0.122. The smallest absolute Gasteiger partial charge is 0.110 e. The first-order valence-corrected chi connectivity index (χ1v) is 6.64. The standard InChI is InChI=1S/C13H25N3O3/c1-12(14)11-13-15-3-4-16(13)5-6-18-9-10-19-8-7-17-2/h3-4,12H,5-11,14H2,1-2H3. The van der Waals surface area contributed by atoms with E-state index < -0.39 is 0 Å². The molecule has 2 N–H and O–H groups in total. The molecule has 1 rings (SSSR count). The molecule has 6 nitrogen and oxygen atoms in total. The molecular weight excluding hydrogens is 246 g/mol. The van der Waals surface area contributed by atoms with Gasteiger partial charge in [0.1, 0.15) is 5.82 Å². The van der Waals surface area contributed by atoms with Gasteiger partial charge in [0, 0.05) is 38.5 Å². The summed E-state index contributed by atoms with van der Waals surface area (Å²) in [5.41, 5.74) is 5.78. The molecule has 6 heteroatoms. The maximum absolute atomic E-state index is 5.78. The van der Waals surface area contributed by atoms with Gasteiger partial charge in [0.25, 0.3) is 0 Å². The maximum Gasteiger partial charge on any atom is 0.110 e. The summed E-state index contributed by atoms with van der Waals surface area (Å²) in [5, 5.41) is 0. The van der Waals surface area contributed by atoms with Crippen LogP contribution in [0.15, 0.2) is 12.4 Å². The van der Waals surface area contributed by atoms with Gasteiger partial charge in [-0.3, -0.25) is 0 Å². The third kappa shape index (κ3) is 7.27. The Bertz CT molecular complexity index is 329. The van der Waals surface area contributed by atoms with Crippen LogP contribution in [0.1, 0.15) is 12.7 Å². The molecule has 1 aromatic rings. The molecule has 1 unspecified atom stereocenters. The maximum atomic E-state index is 5.78. The van der Waals surface area contributed by atoms with Crippen LogP contribution in [0.4, 0.5) is 0 Å². The summed E-state index contributed by atoms with van der Waals surface area (Å²) in [5.74, 6) is 1.01. The molecule has 1 atom stereocenters. The molecule has 0 radical (unpaired) electrons. The van der Waals surface area contributed by atoms with Crippen LogP contribution in [0, 0.1) is 0 Å². The van der Waals surface area contributed by atoms with E-state index in [-0.39, 0.29) is 6.04 Å². The Balaban J connectivity index is 2.07. The molecule has 0 aliphatic rings. The Hall–Kier alpha value is -0.950. The van der Waals surface area contributed by atoms with Crippen LogP contribution in [-0.2, 0) is 27.2 Å². The zero-order chi connectivity index (χ0) is 13.9. The molecule has 1 aromatic heterocycles. The van der Waals surface area contributed by atoms with Crippen molar-refractivity contribution < 1.29 is 14.2 Å². The Morgan fingerprint density at radius 2 is 1.89 bits per heavy atom. The third-order valence-corrected chi connectivity index (χ3v) is 2.59. The van der Waals surface area contributed by atoms with E-state index in [1.165, 1.54) is 0 Å². The summed E-state index contributed by atoms with van der Waals surface area (Å²) in [4.78, 5) is 4.29. The lowest BCUT2D eigenvalue weighted by Crippen LogP contribution is -2.21. The molecule has 0 aliphatic carbocycles. The summed E-state index contributed by atoms with van der Waals surface area (Å²) >= 11 is 0. The van der Waals surface area contributed by atoms with Gasteiger partial charge < -0.3 is 24.5 Å². The molecule has 19 heavy (non-hydrogen) atoms. The molecule has 0 fully saturated rings. The van der Waals surface area contributed by atoms with Gasteiger partial charge in [0.05, 0.1) is 33.0 Å². The van der Waals surface area contributed by atoms with Crippen LogP contribution in [-0.4, -0.2) is 55.7 Å². The van der Waals surface area contributed by atoms with Crippen LogP contribution < -0.4 is 5.73 Å². The number of nitrogens with zero attached hydrogens (tertiary/aromatic N) is 2. The normalized spacial score (nSPS) is 12.8. The van der Waals surface area contributed by atoms with Crippen LogP contribution in [0.2, 0.25) is 0 Å². The van der Waals surface area contributed by atoms with Gasteiger partial charge >= 0.3 is 0 Å². The lowest BCUT2D eigenvalue weighted by molar-refractivity contribution is 0.0229. The number of methoxy groups -OCH3 is 1. The Morgan fingerprint density at radius 1 is 1.21 bits per heavy atom. The first kappa shape index (κ1) is 16.1. The number of imidazole rings is 1. The highest BCUT2D eigenvalue weighted by atomic mass is 16.5. The van der Waals surface area contributed by atoms with Gasteiger partial charge in [-0.05, 0) is 6.92 Å². The van der Waals surface area contributed by atoms with E-state index >= 15 is 0 Å². The van der Waals surface area contributed by atoms with Crippen molar-refractivity contribution in [3.8, 4) is 0 Å². The summed E-state index contributed by atoms with van der Waals surface area (Å²) in [6, 6.07) is 0.122. The molecule has 1 heterocycles. The fourth-order valence-corrected chi connectivity index (χ4v) is 1.65. The molecule has 0 amide bonds. The van der Waals surface area contributed by atoms with Crippen molar-refractivity contribution in [1.82, 2.24) is 9.55 Å². The highest BCUT2D eigenvalue weighted by Gasteiger charge is 2.05. The Labute approximate surface area is 114 Å². The number of nitrogens with two attached hydrogens (primary N) is 1. The molecule has 0 aliphatic heterocycles. The molecule has 110 valence electrons. The largest absolute Gasteiger partial charge is 0.382 e. The van der Waals surface area contributed by atoms with Crippen molar-refractivity contribution in [3.05, 3.63) is 18.2 Å². The fourth-order valence-electron chi connectivity index (χ4n) is 1.65. The number of rotatable bonds is 11. The second kappa shape index (κ2) is 9.91. The zero-order valence-corrected chi connectivity index (χ0v) is 11.9. The summed E-state index contributed by atoms with van der Waals surface area (Å²) in [6.07, 6.45) is 4.54. The number of ether oxygens (including phenoxy) is 3. The zero-order valence-electron chi connectivity index (χ0n) is 11.9. The molecule has 0 saturated carbocycles. The van der Waals surface area contributed by atoms with Crippen molar-refractivity contribution in [2.75, 3.05) is 40.1 Å². The van der Waals surface area contributed by atoms with Gasteiger partial charge in [-0.15, -0.1) is 0 Å². The third-order valence-electron chi connectivity index (χ3n) is 2.59. The minimum atomic E-state index is 0.122. The van der Waals surface area contributed by atoms with Gasteiger partial charge in [0.2, 0.25) is 0 Å². The highest BCUT2D eigenvalue weighted by molar-refractivity contribution is 4.94. The van der Waals surface area contributed by atoms with E-state index in [1.807, 2.05) is 13.1 Å². The van der Waals surface area contributed by atoms with Gasteiger partial charge in [-0.1, -0.05) is 0 Å². The average Bonchev–Trinajstić information content (AvgIpc) is 2.79. The fraction of sp³-hybridized carbons (Fsp3) is 0.769. The first-order valence-electron chi connectivity index (χ1n) is 6.64. The lowest BCUT2D eigenvalue weighted by Gasteiger charge is -2.10. The number of aromatic nitrogens is 2. The predicted molar refractivity (Wildman–Crippen MR) is 73.1 cm³/mol. The van der Waals surface area contributed by atoms with Crippen molar-refractivity contribution in [2.45, 2.75) is 25.9 Å². The minimum Gasteiger partial charge on any atom is -0.382 e. The second-order valence-corrected chi connectivity index (χ2v) is 4.44. The van der Waals surface area contributed by atoms with Crippen molar-refractivity contribution >= 4 is 0 Å². The monoisotopic (exact) mass is 271 g/mol. The SMILES string of the molecule is COCCOCCOCCn1ccnc1CC(C)N. The average molecular weight is 271 g/mol. The van der Waals surface area contributed by atoms with E-state index in [2.05, 4.69) is 9.55 Å². The topological polar surface area (TPSA) is 71.5 Å². The molecular formula is C13H25N3O3. The highest BCUT2D eigenvalue weighted by Crippen LogP contribution is 2.00. The van der Waals surface area contributed by atoms with Crippen molar-refractivity contribution in [1.29, 1.82) is 0 Å². The number of hydrogen-bond donors (Lipinski definition) is 1. The molecule has 0 aromatic carbocycles. The summed E-state index contributed by atoms with van der Waals surface area (Å²) < 4.78 is 17.8. The van der Waals surface area contributed by atoms with E-state index in [0.717, 1.165) is 18.8 Å². The van der Waals surface area contributed by atoms with Crippen LogP contribution >= 0.6 is 0 Å². The van der Waals surface area contributed by atoms with Gasteiger partial charge in [-0.2, -0.15) is 0 Å². The molecule has 0 saturated heterocycles. The quantitative estimate of drug-likeness (QED) is 0.592. The summed E-state index contributed by atoms with van der Waals surface area (Å²) in [6.45, 7) is 5.85. The molecule has 0 bridgehead atoms. The lowest BCUT2D eigenvalue weighted by atomic mass is 10.2. The Morgan fingerprint density at radius 3 is 2.58 bits per heavy atom. The van der Waals surface area contributed by atoms with Crippen molar-refractivity contribution in [2.24, 2.45) is 5.73 Å². The van der Waals surface area contributed by atoms with Gasteiger partial charge in [-0.25, -0.2) is 4.98 Å². The predicted octanol–water partition coefficient (Wildman–Crippen LogP) is 0.452. The van der Waals surface area contributed by atoms with E-state index in [1.54, 1.807) is 13.3 Å². The second-order valence-electron chi connectivity index (χ2n) is 4.44.